The largest absolute Gasteiger partial charge is 0.462 e. The van der Waals surface area contributed by atoms with Gasteiger partial charge in [0.15, 0.2) is 0 Å². The molecule has 0 N–H and O–H groups in total. The van der Waals surface area contributed by atoms with Crippen LogP contribution in [0.3, 0.4) is 0 Å². The summed E-state index contributed by atoms with van der Waals surface area (Å²) in [7, 11) is 0. The zero-order chi connectivity index (χ0) is 15.1. The number of benzene rings is 1. The highest BCUT2D eigenvalue weighted by atomic mass is 19.1. The van der Waals surface area contributed by atoms with E-state index in [-0.39, 0.29) is 6.61 Å². The SMILES string of the molecule is CCCCCCOC(=O)c1c(F)ccc([N+](=O)[O-])c1F. The van der Waals surface area contributed by atoms with Crippen molar-refractivity contribution in [3.8, 4) is 0 Å². The number of halogens is 2. The average Bonchev–Trinajstić information content (AvgIpc) is 2.38. The number of nitro benzene ring substituents is 1. The van der Waals surface area contributed by atoms with E-state index >= 15 is 0 Å². The topological polar surface area (TPSA) is 69.4 Å². The lowest BCUT2D eigenvalue weighted by molar-refractivity contribution is -0.387. The Kier molecular flexibility index (Phi) is 6.02. The Bertz CT molecular complexity index is 505. The van der Waals surface area contributed by atoms with Gasteiger partial charge in [-0.3, -0.25) is 10.1 Å². The molecule has 1 rings (SSSR count). The van der Waals surface area contributed by atoms with Crippen LogP contribution in [-0.2, 0) is 4.74 Å². The fourth-order valence-electron chi connectivity index (χ4n) is 1.64. The number of unbranched alkanes of at least 4 members (excludes halogenated alkanes) is 3. The molecule has 0 aliphatic carbocycles. The Labute approximate surface area is 114 Å². The minimum atomic E-state index is -1.51. The molecule has 20 heavy (non-hydrogen) atoms. The number of carbonyl (C=O) groups excluding carboxylic acids is 1. The summed E-state index contributed by atoms with van der Waals surface area (Å²) in [6.45, 7) is 2.04. The quantitative estimate of drug-likeness (QED) is 0.332. The fraction of sp³-hybridized carbons (Fsp3) is 0.462. The van der Waals surface area contributed by atoms with Crippen molar-refractivity contribution in [1.82, 2.24) is 0 Å². The molecule has 0 aliphatic rings. The molecule has 0 aliphatic heterocycles. The van der Waals surface area contributed by atoms with E-state index in [2.05, 4.69) is 0 Å². The van der Waals surface area contributed by atoms with Gasteiger partial charge in [0.05, 0.1) is 11.5 Å². The molecule has 5 nitrogen and oxygen atoms in total. The minimum absolute atomic E-state index is 0.0282. The van der Waals surface area contributed by atoms with E-state index in [0.29, 0.717) is 18.6 Å². The highest BCUT2D eigenvalue weighted by molar-refractivity contribution is 5.90. The van der Waals surface area contributed by atoms with Gasteiger partial charge in [-0.25, -0.2) is 9.18 Å². The number of nitrogens with zero attached hydrogens (tertiary/aromatic N) is 1. The van der Waals surface area contributed by atoms with Crippen LogP contribution in [0.1, 0.15) is 43.0 Å². The summed E-state index contributed by atoms with van der Waals surface area (Å²) in [5, 5.41) is 10.5. The van der Waals surface area contributed by atoms with Crippen LogP contribution in [0.5, 0.6) is 0 Å². The number of esters is 1. The highest BCUT2D eigenvalue weighted by Crippen LogP contribution is 2.23. The van der Waals surface area contributed by atoms with Crippen LogP contribution < -0.4 is 0 Å². The normalized spacial score (nSPS) is 10.3. The smallest absolute Gasteiger partial charge is 0.344 e. The van der Waals surface area contributed by atoms with Gasteiger partial charge in [0.2, 0.25) is 5.82 Å². The molecule has 0 radical (unpaired) electrons. The van der Waals surface area contributed by atoms with Crippen LogP contribution in [0.25, 0.3) is 0 Å². The number of nitro groups is 1. The van der Waals surface area contributed by atoms with E-state index in [4.69, 9.17) is 4.74 Å². The first-order valence-corrected chi connectivity index (χ1v) is 6.28. The molecule has 0 saturated carbocycles. The summed E-state index contributed by atoms with van der Waals surface area (Å²) in [5.74, 6) is -3.90. The molecule has 0 spiro atoms. The summed E-state index contributed by atoms with van der Waals surface area (Å²) in [5.41, 5.74) is -1.97. The Morgan fingerprint density at radius 2 is 2.00 bits per heavy atom. The molecule has 1 aromatic rings. The van der Waals surface area contributed by atoms with Gasteiger partial charge in [-0.05, 0) is 12.5 Å². The van der Waals surface area contributed by atoms with Gasteiger partial charge in [0, 0.05) is 6.07 Å². The zero-order valence-corrected chi connectivity index (χ0v) is 11.0. The van der Waals surface area contributed by atoms with Gasteiger partial charge in [0.1, 0.15) is 11.4 Å². The summed E-state index contributed by atoms with van der Waals surface area (Å²) >= 11 is 0. The van der Waals surface area contributed by atoms with Crippen molar-refractivity contribution in [1.29, 1.82) is 0 Å². The lowest BCUT2D eigenvalue weighted by Gasteiger charge is -2.06. The second-order valence-electron chi connectivity index (χ2n) is 4.21. The standard InChI is InChI=1S/C13H15F2NO4/c1-2-3-4-5-8-20-13(17)11-9(14)6-7-10(12(11)15)16(18)19/h6-7H,2-5,8H2,1H3. The van der Waals surface area contributed by atoms with Crippen LogP contribution in [0.4, 0.5) is 14.5 Å². The lowest BCUT2D eigenvalue weighted by Crippen LogP contribution is -2.12. The Morgan fingerprint density at radius 3 is 2.60 bits per heavy atom. The first-order valence-electron chi connectivity index (χ1n) is 6.28. The monoisotopic (exact) mass is 287 g/mol. The van der Waals surface area contributed by atoms with Crippen LogP contribution in [0.2, 0.25) is 0 Å². The fourth-order valence-corrected chi connectivity index (χ4v) is 1.64. The average molecular weight is 287 g/mol. The van der Waals surface area contributed by atoms with Crippen molar-refractivity contribution in [3.05, 3.63) is 39.4 Å². The first kappa shape index (κ1) is 16.0. The summed E-state index contributed by atoms with van der Waals surface area (Å²) in [4.78, 5) is 21.1. The van der Waals surface area contributed by atoms with E-state index in [1.54, 1.807) is 0 Å². The van der Waals surface area contributed by atoms with E-state index < -0.39 is 33.8 Å². The summed E-state index contributed by atoms with van der Waals surface area (Å²) in [6.07, 6.45) is 3.39. The Hall–Kier alpha value is -2.05. The van der Waals surface area contributed by atoms with Crippen LogP contribution in [0, 0.1) is 21.7 Å². The summed E-state index contributed by atoms with van der Waals surface area (Å²) in [6, 6.07) is 1.34. The van der Waals surface area contributed by atoms with Crippen molar-refractivity contribution in [2.24, 2.45) is 0 Å². The van der Waals surface area contributed by atoms with E-state index in [1.165, 1.54) is 0 Å². The van der Waals surface area contributed by atoms with Crippen LogP contribution in [-0.4, -0.2) is 17.5 Å². The Morgan fingerprint density at radius 1 is 1.30 bits per heavy atom. The molecule has 0 bridgehead atoms. The molecule has 0 fully saturated rings. The van der Waals surface area contributed by atoms with E-state index in [1.807, 2.05) is 6.92 Å². The zero-order valence-electron chi connectivity index (χ0n) is 11.0. The predicted octanol–water partition coefficient (Wildman–Crippen LogP) is 3.61. The maximum absolute atomic E-state index is 13.7. The number of hydrogen-bond donors (Lipinski definition) is 0. The molecule has 0 atom stereocenters. The molecular weight excluding hydrogens is 272 g/mol. The maximum Gasteiger partial charge on any atom is 0.344 e. The second kappa shape index (κ2) is 7.52. The second-order valence-corrected chi connectivity index (χ2v) is 4.21. The van der Waals surface area contributed by atoms with Crippen molar-refractivity contribution in [2.75, 3.05) is 6.61 Å². The van der Waals surface area contributed by atoms with Gasteiger partial charge >= 0.3 is 11.7 Å². The van der Waals surface area contributed by atoms with Crippen LogP contribution >= 0.6 is 0 Å². The third-order valence-corrected chi connectivity index (χ3v) is 2.70. The lowest BCUT2D eigenvalue weighted by atomic mass is 10.1. The van der Waals surface area contributed by atoms with Gasteiger partial charge in [0.25, 0.3) is 0 Å². The molecular formula is C13H15F2NO4. The van der Waals surface area contributed by atoms with Crippen molar-refractivity contribution in [3.63, 3.8) is 0 Å². The van der Waals surface area contributed by atoms with E-state index in [0.717, 1.165) is 19.3 Å². The van der Waals surface area contributed by atoms with Crippen LogP contribution in [0.15, 0.2) is 12.1 Å². The molecule has 0 heterocycles. The van der Waals surface area contributed by atoms with Gasteiger partial charge in [-0.2, -0.15) is 4.39 Å². The number of ether oxygens (including phenoxy) is 1. The number of hydrogen-bond acceptors (Lipinski definition) is 4. The first-order chi connectivity index (χ1) is 9.49. The summed E-state index contributed by atoms with van der Waals surface area (Å²) < 4.78 is 31.8. The predicted molar refractivity (Wildman–Crippen MR) is 67.4 cm³/mol. The van der Waals surface area contributed by atoms with Gasteiger partial charge in [-0.1, -0.05) is 26.2 Å². The third-order valence-electron chi connectivity index (χ3n) is 2.70. The molecule has 0 unspecified atom stereocenters. The van der Waals surface area contributed by atoms with Gasteiger partial charge in [-0.15, -0.1) is 0 Å². The molecule has 0 saturated heterocycles. The van der Waals surface area contributed by atoms with Crippen molar-refractivity contribution < 1.29 is 23.2 Å². The van der Waals surface area contributed by atoms with E-state index in [9.17, 15) is 23.7 Å². The molecule has 0 aromatic heterocycles. The molecule has 1 aromatic carbocycles. The number of rotatable bonds is 7. The third kappa shape index (κ3) is 3.97. The number of carbonyl (C=O) groups is 1. The van der Waals surface area contributed by atoms with Gasteiger partial charge < -0.3 is 4.74 Å². The molecule has 0 amide bonds. The highest BCUT2D eigenvalue weighted by Gasteiger charge is 2.27. The van der Waals surface area contributed by atoms with Crippen molar-refractivity contribution >= 4 is 11.7 Å². The Balaban J connectivity index is 2.77. The molecule has 7 heteroatoms. The van der Waals surface area contributed by atoms with Crippen molar-refractivity contribution in [2.45, 2.75) is 32.6 Å². The molecule has 110 valence electrons. The maximum atomic E-state index is 13.7. The minimum Gasteiger partial charge on any atom is -0.462 e.